The Morgan fingerprint density at radius 1 is 0.672 bits per heavy atom. The summed E-state index contributed by atoms with van der Waals surface area (Å²) in [5, 5.41) is 25.2. The van der Waals surface area contributed by atoms with Gasteiger partial charge in [0.05, 0.1) is 12.6 Å². The highest BCUT2D eigenvalue weighted by atomic mass is 16.3. The maximum atomic E-state index is 14.7. The quantitative estimate of drug-likeness (QED) is 0.177. The molecule has 310 valence electrons. The van der Waals surface area contributed by atoms with E-state index in [1.165, 1.54) is 16.7 Å². The molecule has 1 aromatic heterocycles. The summed E-state index contributed by atoms with van der Waals surface area (Å²) >= 11 is 0. The first kappa shape index (κ1) is 41.9. The molecular formula is C42H54N8O8. The van der Waals surface area contributed by atoms with Crippen molar-refractivity contribution in [2.75, 3.05) is 19.6 Å². The van der Waals surface area contributed by atoms with E-state index in [1.54, 1.807) is 6.20 Å². The van der Waals surface area contributed by atoms with Crippen LogP contribution in [0, 0.1) is 5.92 Å². The Bertz CT molecular complexity index is 2000. The third-order valence-corrected chi connectivity index (χ3v) is 11.2. The van der Waals surface area contributed by atoms with Gasteiger partial charge in [0.15, 0.2) is 0 Å². The van der Waals surface area contributed by atoms with Crippen molar-refractivity contribution >= 4 is 52.3 Å². The second-order valence-electron chi connectivity index (χ2n) is 15.9. The van der Waals surface area contributed by atoms with Gasteiger partial charge in [-0.25, -0.2) is 0 Å². The molecule has 3 aliphatic rings. The Labute approximate surface area is 337 Å². The number of carbonyl (C=O) groups excluding carboxylic acids is 7. The van der Waals surface area contributed by atoms with Crippen molar-refractivity contribution in [1.82, 2.24) is 41.4 Å². The lowest BCUT2D eigenvalue weighted by atomic mass is 9.99. The number of hydrogen-bond donors (Lipinski definition) is 7. The molecule has 3 aliphatic heterocycles. The highest BCUT2D eigenvalue weighted by Crippen LogP contribution is 2.24. The smallest absolute Gasteiger partial charge is 0.246 e. The third kappa shape index (κ3) is 9.84. The minimum atomic E-state index is -1.48. The summed E-state index contributed by atoms with van der Waals surface area (Å²) < 4.78 is 0. The number of aliphatic hydroxyl groups is 1. The largest absolute Gasteiger partial charge is 0.391 e. The van der Waals surface area contributed by atoms with Crippen LogP contribution in [-0.2, 0) is 46.4 Å². The Hall–Kier alpha value is -5.77. The van der Waals surface area contributed by atoms with Gasteiger partial charge in [0, 0.05) is 43.0 Å². The van der Waals surface area contributed by atoms with Gasteiger partial charge in [-0.2, -0.15) is 0 Å². The van der Waals surface area contributed by atoms with Gasteiger partial charge < -0.3 is 46.5 Å². The van der Waals surface area contributed by atoms with Gasteiger partial charge in [0.1, 0.15) is 36.3 Å². The topological polar surface area (TPSA) is 222 Å². The molecule has 3 aromatic rings. The molecule has 7 amide bonds. The molecule has 0 radical (unpaired) electrons. The molecule has 7 unspecified atom stereocenters. The molecule has 7 atom stereocenters. The van der Waals surface area contributed by atoms with Crippen LogP contribution in [0.2, 0.25) is 0 Å². The lowest BCUT2D eigenvalue weighted by Crippen LogP contribution is -2.61. The Morgan fingerprint density at radius 2 is 1.29 bits per heavy atom. The molecule has 7 N–H and O–H groups in total. The fraction of sp³-hybridized carbons (Fsp3) is 0.500. The van der Waals surface area contributed by atoms with E-state index in [9.17, 15) is 38.7 Å². The number of carbonyl (C=O) groups is 7. The number of amides is 7. The van der Waals surface area contributed by atoms with Gasteiger partial charge >= 0.3 is 0 Å². The summed E-state index contributed by atoms with van der Waals surface area (Å²) in [6, 6.07) is 9.72. The van der Waals surface area contributed by atoms with Gasteiger partial charge in [-0.05, 0) is 62.1 Å². The summed E-state index contributed by atoms with van der Waals surface area (Å²) in [6.45, 7) is 5.06. The van der Waals surface area contributed by atoms with Crippen LogP contribution in [0.1, 0.15) is 64.0 Å². The van der Waals surface area contributed by atoms with Crippen LogP contribution in [0.15, 0.2) is 60.8 Å². The fourth-order valence-electron chi connectivity index (χ4n) is 8.17. The Morgan fingerprint density at radius 3 is 2.00 bits per heavy atom. The summed E-state index contributed by atoms with van der Waals surface area (Å²) in [5.74, 6) is -4.48. The van der Waals surface area contributed by atoms with Crippen molar-refractivity contribution in [2.24, 2.45) is 5.92 Å². The summed E-state index contributed by atoms with van der Waals surface area (Å²) in [6.07, 6.45) is 2.29. The number of rotatable bonds is 7. The standard InChI is InChI=1S/C42H54N8O8/c1-24(2)19-30-38(54)47-32(21-27-22-43-29-14-8-7-13-28(27)29)42(58)50-18-10-16-34(50)39(55)45-31(20-26-11-5-4-6-12-26)37(53)44-23-35(52)49-17-9-15-33(49)40(56)48-36(25(3)51)41(57)46-30/h4-8,11-14,22,24-25,30-34,36,43,51H,9-10,15-21,23H2,1-3H3,(H,44,53)(H,45,55)(H,46,57)(H,47,54)(H,48,56). The lowest BCUT2D eigenvalue weighted by molar-refractivity contribution is -0.142. The van der Waals surface area contributed by atoms with Crippen LogP contribution in [0.4, 0.5) is 0 Å². The van der Waals surface area contributed by atoms with Crippen molar-refractivity contribution < 1.29 is 38.7 Å². The fourth-order valence-corrected chi connectivity index (χ4v) is 8.17. The monoisotopic (exact) mass is 798 g/mol. The number of nitrogens with one attached hydrogen (secondary N) is 6. The van der Waals surface area contributed by atoms with Gasteiger partial charge in [-0.15, -0.1) is 0 Å². The highest BCUT2D eigenvalue weighted by molar-refractivity contribution is 5.99. The number of nitrogens with zero attached hydrogens (tertiary/aromatic N) is 2. The predicted molar refractivity (Wildman–Crippen MR) is 213 cm³/mol. The average molecular weight is 799 g/mol. The van der Waals surface area contributed by atoms with E-state index in [4.69, 9.17) is 0 Å². The number of hydrogen-bond acceptors (Lipinski definition) is 8. The zero-order valence-corrected chi connectivity index (χ0v) is 33.2. The number of para-hydroxylation sites is 1. The maximum Gasteiger partial charge on any atom is 0.246 e. The number of H-pyrrole nitrogens is 1. The predicted octanol–water partition coefficient (Wildman–Crippen LogP) is 0.431. The van der Waals surface area contributed by atoms with E-state index in [2.05, 4.69) is 31.6 Å². The molecule has 58 heavy (non-hydrogen) atoms. The molecule has 4 heterocycles. The zero-order chi connectivity index (χ0) is 41.5. The molecule has 0 bridgehead atoms. The molecule has 3 fully saturated rings. The van der Waals surface area contributed by atoms with Crippen LogP contribution in [0.5, 0.6) is 0 Å². The summed E-state index contributed by atoms with van der Waals surface area (Å²) in [4.78, 5) is 104. The van der Waals surface area contributed by atoms with Gasteiger partial charge in [0.25, 0.3) is 0 Å². The van der Waals surface area contributed by atoms with Crippen molar-refractivity contribution in [1.29, 1.82) is 0 Å². The van der Waals surface area contributed by atoms with Crippen LogP contribution in [0.25, 0.3) is 10.9 Å². The first-order chi connectivity index (χ1) is 27.8. The Balaban J connectivity index is 1.36. The summed E-state index contributed by atoms with van der Waals surface area (Å²) in [7, 11) is 0. The number of aromatic nitrogens is 1. The number of aliphatic hydroxyl groups excluding tert-OH is 1. The second kappa shape index (κ2) is 18.7. The minimum Gasteiger partial charge on any atom is -0.391 e. The number of aromatic amines is 1. The van der Waals surface area contributed by atoms with Crippen LogP contribution < -0.4 is 26.6 Å². The molecule has 0 aliphatic carbocycles. The lowest BCUT2D eigenvalue weighted by Gasteiger charge is -2.31. The minimum absolute atomic E-state index is 0.0546. The molecule has 16 heteroatoms. The number of benzene rings is 2. The second-order valence-corrected chi connectivity index (χ2v) is 15.9. The van der Waals surface area contributed by atoms with Crippen LogP contribution in [-0.4, -0.2) is 123 Å². The molecule has 0 spiro atoms. The van der Waals surface area contributed by atoms with E-state index < -0.39 is 90.3 Å². The van der Waals surface area contributed by atoms with E-state index >= 15 is 0 Å². The van der Waals surface area contributed by atoms with Gasteiger partial charge in [-0.1, -0.05) is 62.4 Å². The maximum absolute atomic E-state index is 14.7. The van der Waals surface area contributed by atoms with E-state index in [0.29, 0.717) is 19.3 Å². The zero-order valence-electron chi connectivity index (χ0n) is 33.2. The molecule has 2 aromatic carbocycles. The average Bonchev–Trinajstić information content (AvgIpc) is 3.98. The van der Waals surface area contributed by atoms with Crippen molar-refractivity contribution in [2.45, 2.75) is 108 Å². The molecule has 16 nitrogen and oxygen atoms in total. The van der Waals surface area contributed by atoms with Crippen molar-refractivity contribution in [3.63, 3.8) is 0 Å². The van der Waals surface area contributed by atoms with E-state index in [0.717, 1.165) is 22.0 Å². The highest BCUT2D eigenvalue weighted by Gasteiger charge is 2.42. The summed E-state index contributed by atoms with van der Waals surface area (Å²) in [5.41, 5.74) is 2.33. The van der Waals surface area contributed by atoms with Crippen LogP contribution >= 0.6 is 0 Å². The molecule has 6 rings (SSSR count). The van der Waals surface area contributed by atoms with E-state index in [1.807, 2.05) is 68.4 Å². The van der Waals surface area contributed by atoms with Crippen LogP contribution in [0.3, 0.4) is 0 Å². The SMILES string of the molecule is CC(C)CC1NC(=O)C(C(C)O)NC(=O)C2CCCN2C(=O)CNC(=O)C(Cc2ccccc2)NC(=O)C2CCCN2C(=O)C(Cc2c[nH]c3ccccc23)NC1=O. The number of fused-ring (bicyclic) bond motifs is 3. The normalized spacial score (nSPS) is 26.3. The third-order valence-electron chi connectivity index (χ3n) is 11.2. The molecule has 0 saturated carbocycles. The van der Waals surface area contributed by atoms with Gasteiger partial charge in [0.2, 0.25) is 41.4 Å². The van der Waals surface area contributed by atoms with E-state index in [-0.39, 0.29) is 44.7 Å². The Kier molecular flexibility index (Phi) is 13.5. The first-order valence-corrected chi connectivity index (χ1v) is 20.2. The molecular weight excluding hydrogens is 745 g/mol. The van der Waals surface area contributed by atoms with Crippen molar-refractivity contribution in [3.8, 4) is 0 Å². The van der Waals surface area contributed by atoms with Crippen molar-refractivity contribution in [3.05, 3.63) is 71.9 Å². The molecule has 3 saturated heterocycles. The first-order valence-electron chi connectivity index (χ1n) is 20.2. The van der Waals surface area contributed by atoms with Gasteiger partial charge in [-0.3, -0.25) is 33.6 Å².